The Bertz CT molecular complexity index is 1810. The van der Waals surface area contributed by atoms with Gasteiger partial charge in [-0.3, -0.25) is 0 Å². The minimum atomic E-state index is -0.752. The van der Waals surface area contributed by atoms with E-state index in [1.54, 1.807) is 0 Å². The third-order valence-electron chi connectivity index (χ3n) is 9.23. The van der Waals surface area contributed by atoms with Gasteiger partial charge < -0.3 is 9.92 Å². The Morgan fingerprint density at radius 3 is 1.40 bits per heavy atom. The zero-order valence-electron chi connectivity index (χ0n) is 27.1. The van der Waals surface area contributed by atoms with E-state index in [0.717, 1.165) is 33.3 Å². The fraction of sp³-hybridized carbons (Fsp3) is 0.231. The van der Waals surface area contributed by atoms with Crippen molar-refractivity contribution in [1.82, 2.24) is 0 Å². The average Bonchev–Trinajstić information content (AvgIpc) is 2.92. The SMILES string of the molecule is Cc1cc(C)c(B(O)c2cc(C)ccc2N2c3ccc(C)cc3B(c3c(C)cc(C)cc3C)c3cc(C)ccc32)c(C)c1. The lowest BCUT2D eigenvalue weighted by atomic mass is 9.33. The van der Waals surface area contributed by atoms with E-state index in [4.69, 9.17) is 0 Å². The van der Waals surface area contributed by atoms with Crippen molar-refractivity contribution < 1.29 is 5.02 Å². The van der Waals surface area contributed by atoms with Gasteiger partial charge in [0, 0.05) is 17.1 Å². The van der Waals surface area contributed by atoms with Crippen LogP contribution in [0, 0.1) is 62.3 Å². The smallest absolute Gasteiger partial charge is 0.361 e. The van der Waals surface area contributed by atoms with Crippen LogP contribution < -0.4 is 32.2 Å². The normalized spacial score (nSPS) is 12.3. The molecule has 5 aromatic carbocycles. The molecule has 0 unspecified atom stereocenters. The lowest BCUT2D eigenvalue weighted by Gasteiger charge is -2.39. The van der Waals surface area contributed by atoms with E-state index in [9.17, 15) is 5.02 Å². The molecule has 0 bridgehead atoms. The Kier molecular flexibility index (Phi) is 7.39. The summed E-state index contributed by atoms with van der Waals surface area (Å²) in [6.45, 7) is 18.9. The highest BCUT2D eigenvalue weighted by atomic mass is 16.2. The first kappa shape index (κ1) is 29.1. The van der Waals surface area contributed by atoms with Crippen molar-refractivity contribution in [2.24, 2.45) is 0 Å². The van der Waals surface area contributed by atoms with Crippen LogP contribution in [0.25, 0.3) is 0 Å². The van der Waals surface area contributed by atoms with E-state index in [0.29, 0.717) is 0 Å². The molecule has 6 rings (SSSR count). The van der Waals surface area contributed by atoms with Gasteiger partial charge in [0.05, 0.1) is 0 Å². The summed E-state index contributed by atoms with van der Waals surface area (Å²) in [6, 6.07) is 29.3. The summed E-state index contributed by atoms with van der Waals surface area (Å²) >= 11 is 0. The molecule has 0 radical (unpaired) electrons. The van der Waals surface area contributed by atoms with Crippen LogP contribution in [0.2, 0.25) is 0 Å². The Labute approximate surface area is 258 Å². The number of fused-ring (bicyclic) bond motifs is 2. The zero-order chi connectivity index (χ0) is 30.7. The van der Waals surface area contributed by atoms with Crippen molar-refractivity contribution in [1.29, 1.82) is 0 Å². The topological polar surface area (TPSA) is 23.5 Å². The molecule has 0 atom stereocenters. The second-order valence-corrected chi connectivity index (χ2v) is 13.0. The highest BCUT2D eigenvalue weighted by Gasteiger charge is 2.38. The maximum absolute atomic E-state index is 12.2. The number of anilines is 3. The molecule has 5 aromatic rings. The Hall–Kier alpha value is -4.01. The van der Waals surface area contributed by atoms with Crippen LogP contribution in [-0.4, -0.2) is 18.7 Å². The molecule has 1 N–H and O–H groups in total. The fourth-order valence-electron chi connectivity index (χ4n) is 7.61. The molecule has 214 valence electrons. The third-order valence-corrected chi connectivity index (χ3v) is 9.23. The first-order valence-electron chi connectivity index (χ1n) is 15.4. The van der Waals surface area contributed by atoms with Gasteiger partial charge >= 0.3 is 6.92 Å². The van der Waals surface area contributed by atoms with Crippen molar-refractivity contribution in [3.05, 3.63) is 129 Å². The monoisotopic (exact) mass is 561 g/mol. The molecule has 4 heteroatoms. The van der Waals surface area contributed by atoms with Gasteiger partial charge in [0.25, 0.3) is 0 Å². The van der Waals surface area contributed by atoms with E-state index in [1.165, 1.54) is 61.1 Å². The van der Waals surface area contributed by atoms with E-state index in [-0.39, 0.29) is 6.71 Å². The second-order valence-electron chi connectivity index (χ2n) is 13.0. The number of hydrogen-bond acceptors (Lipinski definition) is 2. The molecule has 0 saturated heterocycles. The maximum atomic E-state index is 12.2. The van der Waals surface area contributed by atoms with E-state index in [1.807, 2.05) is 0 Å². The summed E-state index contributed by atoms with van der Waals surface area (Å²) in [4.78, 5) is 2.40. The Balaban J connectivity index is 1.65. The zero-order valence-corrected chi connectivity index (χ0v) is 27.1. The van der Waals surface area contributed by atoms with E-state index in [2.05, 4.69) is 146 Å². The largest absolute Gasteiger partial charge is 0.443 e. The van der Waals surface area contributed by atoms with Crippen LogP contribution in [-0.2, 0) is 0 Å². The van der Waals surface area contributed by atoms with Crippen LogP contribution in [0.1, 0.15) is 50.1 Å². The lowest BCUT2D eigenvalue weighted by Crippen LogP contribution is -2.59. The summed E-state index contributed by atoms with van der Waals surface area (Å²) in [5, 5.41) is 12.2. The standard InChI is InChI=1S/C39H41B2NO/c1-23-10-13-35-32(20-23)40(38-28(6)16-26(4)17-29(38)7)33-21-24(2)11-14-36(33)42(35)37-15-12-25(3)22-34(37)41(43)39-30(8)18-27(5)19-31(39)9/h10-22,43H,1-9H3. The average molecular weight is 561 g/mol. The van der Waals surface area contributed by atoms with E-state index >= 15 is 0 Å². The maximum Gasteiger partial charge on any atom is 0.361 e. The number of nitrogens with zero attached hydrogens (tertiary/aromatic N) is 1. The van der Waals surface area contributed by atoms with E-state index < -0.39 is 6.92 Å². The van der Waals surface area contributed by atoms with Gasteiger partial charge in [0.1, 0.15) is 0 Å². The van der Waals surface area contributed by atoms with Crippen LogP contribution in [0.15, 0.2) is 78.9 Å². The third kappa shape index (κ3) is 5.02. The van der Waals surface area contributed by atoms with Crippen LogP contribution in [0.5, 0.6) is 0 Å². The molecule has 43 heavy (non-hydrogen) atoms. The van der Waals surface area contributed by atoms with Gasteiger partial charge in [-0.15, -0.1) is 0 Å². The number of hydrogen-bond donors (Lipinski definition) is 1. The molecule has 1 aliphatic heterocycles. The summed E-state index contributed by atoms with van der Waals surface area (Å²) in [7, 11) is 0. The Morgan fingerprint density at radius 2 is 0.907 bits per heavy atom. The van der Waals surface area contributed by atoms with Gasteiger partial charge in [-0.2, -0.15) is 0 Å². The summed E-state index contributed by atoms with van der Waals surface area (Å²) in [5.41, 5.74) is 20.3. The van der Waals surface area contributed by atoms with Gasteiger partial charge in [-0.25, -0.2) is 0 Å². The second kappa shape index (κ2) is 10.9. The fourth-order valence-corrected chi connectivity index (χ4v) is 7.61. The minimum Gasteiger partial charge on any atom is -0.443 e. The number of rotatable bonds is 4. The molecular weight excluding hydrogens is 520 g/mol. The van der Waals surface area contributed by atoms with Gasteiger partial charge in [0.15, 0.2) is 0 Å². The van der Waals surface area contributed by atoms with Crippen LogP contribution >= 0.6 is 0 Å². The predicted molar refractivity (Wildman–Crippen MR) is 189 cm³/mol. The molecule has 0 fully saturated rings. The van der Waals surface area contributed by atoms with Crippen molar-refractivity contribution in [2.45, 2.75) is 62.3 Å². The number of aryl methyl sites for hydroxylation is 9. The molecule has 0 aliphatic carbocycles. The number of benzene rings is 5. The van der Waals surface area contributed by atoms with Crippen molar-refractivity contribution in [3.63, 3.8) is 0 Å². The minimum absolute atomic E-state index is 0.113. The van der Waals surface area contributed by atoms with Crippen molar-refractivity contribution in [2.75, 3.05) is 4.90 Å². The van der Waals surface area contributed by atoms with Crippen molar-refractivity contribution in [3.8, 4) is 0 Å². The first-order chi connectivity index (χ1) is 20.4. The Morgan fingerprint density at radius 1 is 0.488 bits per heavy atom. The summed E-state index contributed by atoms with van der Waals surface area (Å²) < 4.78 is 0. The van der Waals surface area contributed by atoms with Gasteiger partial charge in [0.2, 0.25) is 6.71 Å². The summed E-state index contributed by atoms with van der Waals surface area (Å²) in [5.74, 6) is 0. The molecule has 1 aliphatic rings. The highest BCUT2D eigenvalue weighted by Crippen LogP contribution is 2.36. The van der Waals surface area contributed by atoms with Crippen LogP contribution in [0.4, 0.5) is 17.1 Å². The van der Waals surface area contributed by atoms with Gasteiger partial charge in [-0.1, -0.05) is 116 Å². The summed E-state index contributed by atoms with van der Waals surface area (Å²) in [6.07, 6.45) is 0. The molecule has 0 spiro atoms. The molecular formula is C39H41B2NO. The molecule has 1 heterocycles. The molecule has 0 saturated carbocycles. The lowest BCUT2D eigenvalue weighted by molar-refractivity contribution is 0.599. The molecule has 0 aromatic heterocycles. The van der Waals surface area contributed by atoms with Crippen molar-refractivity contribution >= 4 is 58.0 Å². The van der Waals surface area contributed by atoms with Crippen LogP contribution in [0.3, 0.4) is 0 Å². The van der Waals surface area contributed by atoms with Gasteiger partial charge in [-0.05, 0) is 102 Å². The molecule has 2 nitrogen and oxygen atoms in total. The quantitative estimate of drug-likeness (QED) is 0.273. The first-order valence-corrected chi connectivity index (χ1v) is 15.4. The predicted octanol–water partition coefficient (Wildman–Crippen LogP) is 5.86. The highest BCUT2D eigenvalue weighted by molar-refractivity contribution is 6.98. The molecule has 0 amide bonds.